The molecule has 0 saturated carbocycles. The monoisotopic (exact) mass is 263 g/mol. The number of nitrogens with zero attached hydrogens (tertiary/aromatic N) is 2. The van der Waals surface area contributed by atoms with Gasteiger partial charge in [-0.25, -0.2) is 9.37 Å². The van der Waals surface area contributed by atoms with Gasteiger partial charge < -0.3 is 4.74 Å². The van der Waals surface area contributed by atoms with Crippen LogP contribution < -0.4 is 4.74 Å². The van der Waals surface area contributed by atoms with Crippen LogP contribution in [0.15, 0.2) is 45.9 Å². The number of aromatic nitrogens is 1. The Hall–Kier alpha value is -1.95. The lowest BCUT2D eigenvalue weighted by molar-refractivity contribution is 0.398. The topological polar surface area (TPSA) is 58.3 Å². The molecule has 0 aliphatic heterocycles. The van der Waals surface area contributed by atoms with Gasteiger partial charge in [0.2, 0.25) is 5.88 Å². The maximum Gasteiger partial charge on any atom is 0.212 e. The minimum atomic E-state index is -0.355. The molecule has 92 valence electrons. The summed E-state index contributed by atoms with van der Waals surface area (Å²) in [7, 11) is 1.54. The molecule has 0 amide bonds. The fraction of sp³-hybridized carbons (Fsp3) is 0.0833. The van der Waals surface area contributed by atoms with E-state index in [2.05, 4.69) is 9.50 Å². The quantitative estimate of drug-likeness (QED) is 0.671. The molecular weight excluding hydrogens is 253 g/mol. The highest BCUT2D eigenvalue weighted by molar-refractivity contribution is 7.98. The highest BCUT2D eigenvalue weighted by atomic mass is 32.2. The highest BCUT2D eigenvalue weighted by Crippen LogP contribution is 2.32. The molecule has 0 aliphatic rings. The zero-order chi connectivity index (χ0) is 13.0. The van der Waals surface area contributed by atoms with Crippen LogP contribution in [0.5, 0.6) is 5.88 Å². The molecular formula is C12H10FN3OS. The van der Waals surface area contributed by atoms with Gasteiger partial charge in [0.1, 0.15) is 5.82 Å². The predicted octanol–water partition coefficient (Wildman–Crippen LogP) is 3.93. The van der Waals surface area contributed by atoms with E-state index in [0.29, 0.717) is 10.8 Å². The number of benzene rings is 1. The van der Waals surface area contributed by atoms with Gasteiger partial charge >= 0.3 is 0 Å². The van der Waals surface area contributed by atoms with Crippen LogP contribution in [0.1, 0.15) is 0 Å². The van der Waals surface area contributed by atoms with Crippen LogP contribution in [-0.2, 0) is 0 Å². The molecule has 6 heteroatoms. The first-order valence-corrected chi connectivity index (χ1v) is 5.85. The fourth-order valence-electron chi connectivity index (χ4n) is 1.52. The van der Waals surface area contributed by atoms with Gasteiger partial charge in [-0.05, 0) is 23.8 Å². The number of ether oxygens (including phenoxy) is 1. The van der Waals surface area contributed by atoms with Gasteiger partial charge in [0.05, 0.1) is 7.11 Å². The molecule has 0 spiro atoms. The van der Waals surface area contributed by atoms with Crippen molar-refractivity contribution in [3.63, 3.8) is 0 Å². The fourth-order valence-corrected chi connectivity index (χ4v) is 2.07. The highest BCUT2D eigenvalue weighted by Gasteiger charge is 2.08. The van der Waals surface area contributed by atoms with E-state index in [1.165, 1.54) is 12.1 Å². The minimum Gasteiger partial charge on any atom is -0.481 e. The van der Waals surface area contributed by atoms with Crippen molar-refractivity contribution in [3.8, 4) is 17.0 Å². The summed E-state index contributed by atoms with van der Waals surface area (Å²) in [5.74, 6) is 0.159. The molecule has 1 heterocycles. The summed E-state index contributed by atoms with van der Waals surface area (Å²) in [5.41, 5.74) is 8.47. The first kappa shape index (κ1) is 12.5. The average Bonchev–Trinajstić information content (AvgIpc) is 2.40. The molecule has 18 heavy (non-hydrogen) atoms. The molecule has 0 atom stereocenters. The second-order valence-corrected chi connectivity index (χ2v) is 4.22. The van der Waals surface area contributed by atoms with E-state index in [4.69, 9.17) is 10.3 Å². The Morgan fingerprint density at radius 3 is 2.78 bits per heavy atom. The van der Waals surface area contributed by atoms with E-state index < -0.39 is 0 Å². The minimum absolute atomic E-state index is 0.355. The normalized spacial score (nSPS) is 10.1. The number of methoxy groups -OCH3 is 1. The van der Waals surface area contributed by atoms with E-state index in [9.17, 15) is 4.39 Å². The van der Waals surface area contributed by atoms with Crippen molar-refractivity contribution in [2.24, 2.45) is 4.52 Å². The van der Waals surface area contributed by atoms with Crippen LogP contribution in [0.2, 0.25) is 0 Å². The van der Waals surface area contributed by atoms with Gasteiger partial charge in [0, 0.05) is 34.7 Å². The van der Waals surface area contributed by atoms with Crippen LogP contribution in [0, 0.1) is 11.3 Å². The summed E-state index contributed by atoms with van der Waals surface area (Å²) in [6.07, 6.45) is 1.64. The van der Waals surface area contributed by atoms with Crippen molar-refractivity contribution in [1.82, 2.24) is 4.98 Å². The van der Waals surface area contributed by atoms with Gasteiger partial charge in [-0.3, -0.25) is 0 Å². The zero-order valence-electron chi connectivity index (χ0n) is 9.55. The van der Waals surface area contributed by atoms with Gasteiger partial charge in [-0.1, -0.05) is 6.07 Å². The van der Waals surface area contributed by atoms with Crippen molar-refractivity contribution >= 4 is 11.9 Å². The maximum absolute atomic E-state index is 13.2. The Kier molecular flexibility index (Phi) is 3.88. The summed E-state index contributed by atoms with van der Waals surface area (Å²) in [4.78, 5) is 4.68. The summed E-state index contributed by atoms with van der Waals surface area (Å²) < 4.78 is 21.4. The third kappa shape index (κ3) is 2.65. The molecule has 0 aliphatic carbocycles. The number of rotatable bonds is 4. The Labute approximate surface area is 108 Å². The van der Waals surface area contributed by atoms with Crippen molar-refractivity contribution < 1.29 is 9.13 Å². The summed E-state index contributed by atoms with van der Waals surface area (Å²) in [6.45, 7) is 0. The molecule has 2 aromatic rings. The molecule has 1 N–H and O–H groups in total. The zero-order valence-corrected chi connectivity index (χ0v) is 10.4. The van der Waals surface area contributed by atoms with E-state index >= 15 is 0 Å². The van der Waals surface area contributed by atoms with Gasteiger partial charge in [-0.2, -0.15) is 5.53 Å². The summed E-state index contributed by atoms with van der Waals surface area (Å²) in [6, 6.07) is 7.92. The lowest BCUT2D eigenvalue weighted by Gasteiger charge is -2.07. The first-order chi connectivity index (χ1) is 8.74. The molecule has 0 bridgehead atoms. The maximum atomic E-state index is 13.2. The van der Waals surface area contributed by atoms with Gasteiger partial charge in [0.15, 0.2) is 0 Å². The second kappa shape index (κ2) is 5.59. The Balaban J connectivity index is 2.44. The molecule has 1 aromatic carbocycles. The van der Waals surface area contributed by atoms with Crippen molar-refractivity contribution in [2.45, 2.75) is 4.90 Å². The second-order valence-electron chi connectivity index (χ2n) is 3.41. The van der Waals surface area contributed by atoms with E-state index in [1.807, 2.05) is 6.07 Å². The summed E-state index contributed by atoms with van der Waals surface area (Å²) >= 11 is 0.913. The van der Waals surface area contributed by atoms with E-state index in [-0.39, 0.29) is 5.82 Å². The van der Waals surface area contributed by atoms with Crippen molar-refractivity contribution in [3.05, 3.63) is 42.3 Å². The Bertz CT molecular complexity index is 560. The van der Waals surface area contributed by atoms with Crippen LogP contribution in [0.25, 0.3) is 11.1 Å². The number of halogens is 1. The molecule has 0 fully saturated rings. The Morgan fingerprint density at radius 2 is 2.17 bits per heavy atom. The van der Waals surface area contributed by atoms with Crippen LogP contribution in [0.3, 0.4) is 0 Å². The SMILES string of the molecule is COc1ccc(-c2ccc(F)cc2SN=N)cn1. The molecule has 0 saturated heterocycles. The smallest absolute Gasteiger partial charge is 0.212 e. The predicted molar refractivity (Wildman–Crippen MR) is 67.2 cm³/mol. The van der Waals surface area contributed by atoms with Crippen molar-refractivity contribution in [1.29, 1.82) is 5.53 Å². The average molecular weight is 263 g/mol. The number of nitrogens with one attached hydrogen (secondary N) is 1. The first-order valence-electron chi connectivity index (χ1n) is 5.08. The molecule has 0 radical (unpaired) electrons. The van der Waals surface area contributed by atoms with E-state index in [1.54, 1.807) is 25.4 Å². The van der Waals surface area contributed by atoms with Crippen LogP contribution in [0.4, 0.5) is 4.39 Å². The third-order valence-corrected chi connectivity index (χ3v) is 2.97. The van der Waals surface area contributed by atoms with Crippen LogP contribution in [-0.4, -0.2) is 12.1 Å². The standard InChI is InChI=1S/C12H10FN3OS/c1-17-12-5-2-8(7-15-12)10-4-3-9(13)6-11(10)18-16-14/h2-7,14H,1H3. The largest absolute Gasteiger partial charge is 0.481 e. The lowest BCUT2D eigenvalue weighted by Crippen LogP contribution is -1.89. The van der Waals surface area contributed by atoms with Gasteiger partial charge in [0.25, 0.3) is 0 Å². The van der Waals surface area contributed by atoms with Crippen molar-refractivity contribution in [2.75, 3.05) is 7.11 Å². The number of hydrogen-bond acceptors (Lipinski definition) is 5. The number of pyridine rings is 1. The van der Waals surface area contributed by atoms with E-state index in [0.717, 1.165) is 23.1 Å². The van der Waals surface area contributed by atoms with Crippen LogP contribution >= 0.6 is 11.9 Å². The molecule has 4 nitrogen and oxygen atoms in total. The third-order valence-electron chi connectivity index (χ3n) is 2.34. The number of hydrogen-bond donors (Lipinski definition) is 1. The molecule has 0 unspecified atom stereocenters. The summed E-state index contributed by atoms with van der Waals surface area (Å²) in [5, 5.41) is 0. The molecule has 2 rings (SSSR count). The molecule has 1 aromatic heterocycles. The van der Waals surface area contributed by atoms with Gasteiger partial charge in [-0.15, -0.1) is 4.52 Å². The lowest BCUT2D eigenvalue weighted by atomic mass is 10.1. The Morgan fingerprint density at radius 1 is 1.33 bits per heavy atom.